The maximum absolute atomic E-state index is 13.3. The highest BCUT2D eigenvalue weighted by molar-refractivity contribution is 7.14. The highest BCUT2D eigenvalue weighted by Crippen LogP contribution is 2.29. The molecule has 1 aliphatic rings. The van der Waals surface area contributed by atoms with Gasteiger partial charge in [-0.1, -0.05) is 24.8 Å². The number of aromatic nitrogens is 1. The molecule has 4 rings (SSSR count). The number of amides is 1. The summed E-state index contributed by atoms with van der Waals surface area (Å²) in [6.07, 6.45) is 0. The van der Waals surface area contributed by atoms with Crippen LogP contribution in [0.2, 0.25) is 0 Å². The van der Waals surface area contributed by atoms with E-state index >= 15 is 0 Å². The molecule has 2 aromatic heterocycles. The fourth-order valence-corrected chi connectivity index (χ4v) is 5.37. The van der Waals surface area contributed by atoms with Crippen LogP contribution in [0.4, 0.5) is 5.13 Å². The number of rotatable bonds is 5. The molecule has 0 unspecified atom stereocenters. The van der Waals surface area contributed by atoms with Crippen LogP contribution in [0.1, 0.15) is 23.0 Å². The van der Waals surface area contributed by atoms with Crippen molar-refractivity contribution in [2.45, 2.75) is 13.0 Å². The van der Waals surface area contributed by atoms with E-state index in [4.69, 9.17) is 0 Å². The lowest BCUT2D eigenvalue weighted by molar-refractivity contribution is 0.0700. The summed E-state index contributed by atoms with van der Waals surface area (Å²) >= 11 is 3.28. The van der Waals surface area contributed by atoms with Gasteiger partial charge in [-0.3, -0.25) is 9.79 Å². The lowest BCUT2D eigenvalue weighted by atomic mass is 10.1. The molecule has 1 saturated heterocycles. The Morgan fingerprint density at radius 1 is 1.19 bits per heavy atom. The van der Waals surface area contributed by atoms with Crippen molar-refractivity contribution in [1.29, 1.82) is 0 Å². The van der Waals surface area contributed by atoms with Gasteiger partial charge in [-0.25, -0.2) is 4.98 Å². The monoisotopic (exact) mass is 465 g/mol. The molecule has 3 aromatic rings. The Kier molecular flexibility index (Phi) is 6.43. The Morgan fingerprint density at radius 2 is 1.94 bits per heavy atom. The number of aliphatic imine (C=N–C) groups is 1. The Bertz CT molecular complexity index is 1130. The highest BCUT2D eigenvalue weighted by atomic mass is 32.1. The molecule has 1 aliphatic heterocycles. The molecule has 1 atom stereocenters. The van der Waals surface area contributed by atoms with Gasteiger partial charge >= 0.3 is 0 Å². The van der Waals surface area contributed by atoms with Crippen LogP contribution in [0.3, 0.4) is 0 Å². The molecular weight excluding hydrogens is 438 g/mol. The molecule has 6 nitrogen and oxygen atoms in total. The summed E-state index contributed by atoms with van der Waals surface area (Å²) in [7, 11) is 5.72. The Morgan fingerprint density at radius 3 is 2.53 bits per heavy atom. The normalized spacial score (nSPS) is 17.6. The number of benzene rings is 1. The Hall–Kier alpha value is -2.97. The number of anilines is 1. The maximum Gasteiger partial charge on any atom is 0.254 e. The number of thiazole rings is 1. The van der Waals surface area contributed by atoms with Gasteiger partial charge < -0.3 is 14.7 Å². The van der Waals surface area contributed by atoms with Gasteiger partial charge in [-0.2, -0.15) is 0 Å². The number of amidine groups is 1. The summed E-state index contributed by atoms with van der Waals surface area (Å²) in [4.78, 5) is 29.7. The van der Waals surface area contributed by atoms with Gasteiger partial charge in [0.15, 0.2) is 5.13 Å². The third-order valence-electron chi connectivity index (χ3n) is 5.61. The quantitative estimate of drug-likeness (QED) is 0.544. The van der Waals surface area contributed by atoms with Crippen molar-refractivity contribution in [3.05, 3.63) is 65.0 Å². The van der Waals surface area contributed by atoms with E-state index in [-0.39, 0.29) is 11.9 Å². The lowest BCUT2D eigenvalue weighted by Gasteiger charge is -2.42. The number of hydrogen-bond acceptors (Lipinski definition) is 6. The summed E-state index contributed by atoms with van der Waals surface area (Å²) in [6, 6.07) is 11.8. The number of carbonyl (C=O) groups excluding carboxylic acids is 1. The summed E-state index contributed by atoms with van der Waals surface area (Å²) in [5.41, 5.74) is 3.47. The average Bonchev–Trinajstić information content (AvgIpc) is 3.50. The molecule has 0 radical (unpaired) electrons. The Balaban J connectivity index is 1.50. The topological polar surface area (TPSA) is 52.0 Å². The van der Waals surface area contributed by atoms with Crippen molar-refractivity contribution in [3.8, 4) is 10.4 Å². The van der Waals surface area contributed by atoms with Crippen molar-refractivity contribution in [3.63, 3.8) is 0 Å². The molecule has 1 fully saturated rings. The molecule has 166 valence electrons. The fraction of sp³-hybridized carbons (Fsp3) is 0.292. The van der Waals surface area contributed by atoms with Crippen LogP contribution in [0.15, 0.2) is 58.7 Å². The van der Waals surface area contributed by atoms with Crippen LogP contribution in [0.5, 0.6) is 0 Å². The zero-order chi connectivity index (χ0) is 22.8. The van der Waals surface area contributed by atoms with Gasteiger partial charge in [0, 0.05) is 50.1 Å². The summed E-state index contributed by atoms with van der Waals surface area (Å²) < 4.78 is 0. The largest absolute Gasteiger partial charge is 0.354 e. The van der Waals surface area contributed by atoms with Gasteiger partial charge in [-0.15, -0.1) is 22.7 Å². The molecular formula is C24H27N5OS2. The van der Waals surface area contributed by atoms with E-state index in [0.717, 1.165) is 27.9 Å². The van der Waals surface area contributed by atoms with Gasteiger partial charge in [0.05, 0.1) is 17.4 Å². The van der Waals surface area contributed by atoms with Crippen molar-refractivity contribution in [2.75, 3.05) is 39.1 Å². The Labute approximate surface area is 197 Å². The first kappa shape index (κ1) is 22.2. The second kappa shape index (κ2) is 9.26. The van der Waals surface area contributed by atoms with Crippen molar-refractivity contribution in [1.82, 2.24) is 14.8 Å². The van der Waals surface area contributed by atoms with E-state index < -0.39 is 0 Å². The van der Waals surface area contributed by atoms with Crippen LogP contribution < -0.4 is 4.90 Å². The van der Waals surface area contributed by atoms with E-state index in [9.17, 15) is 4.79 Å². The molecule has 1 aromatic carbocycles. The smallest absolute Gasteiger partial charge is 0.254 e. The van der Waals surface area contributed by atoms with Gasteiger partial charge in [0.1, 0.15) is 5.84 Å². The second-order valence-corrected chi connectivity index (χ2v) is 9.60. The van der Waals surface area contributed by atoms with Crippen LogP contribution in [-0.4, -0.2) is 66.8 Å². The first-order valence-corrected chi connectivity index (χ1v) is 12.2. The minimum atomic E-state index is -0.165. The molecule has 8 heteroatoms. The standard InChI is InChI=1S/C24H27N5OS2/c1-16(20-15-32-24(26-20)27(4)5)28-12-13-29(17(2)22(28)25-3)23(30)19-10-8-18(9-11-19)21-7-6-14-31-21/h6-11,14-15,17H,1,12-13H2,2-5H3/t17-/m1/s1. The SMILES string of the molecule is C=C(c1csc(N(C)C)n1)N1CCN(C(=O)c2ccc(-c3cccs3)cc2)[C@H](C)C1=NC. The van der Waals surface area contributed by atoms with E-state index in [1.54, 1.807) is 29.7 Å². The van der Waals surface area contributed by atoms with Crippen molar-refractivity contribution < 1.29 is 4.79 Å². The number of thiophene rings is 1. The molecule has 0 bridgehead atoms. The van der Waals surface area contributed by atoms with E-state index in [2.05, 4.69) is 32.9 Å². The lowest BCUT2D eigenvalue weighted by Crippen LogP contribution is -2.56. The molecule has 0 aliphatic carbocycles. The minimum Gasteiger partial charge on any atom is -0.354 e. The fourth-order valence-electron chi connectivity index (χ4n) is 3.87. The van der Waals surface area contributed by atoms with Crippen molar-refractivity contribution in [2.24, 2.45) is 4.99 Å². The van der Waals surface area contributed by atoms with E-state index in [0.29, 0.717) is 18.7 Å². The zero-order valence-electron chi connectivity index (χ0n) is 18.8. The van der Waals surface area contributed by atoms with Gasteiger partial charge in [0.2, 0.25) is 0 Å². The minimum absolute atomic E-state index is 0.0187. The van der Waals surface area contributed by atoms with Crippen LogP contribution in [0, 0.1) is 0 Å². The highest BCUT2D eigenvalue weighted by Gasteiger charge is 2.34. The number of hydrogen-bond donors (Lipinski definition) is 0. The average molecular weight is 466 g/mol. The summed E-state index contributed by atoms with van der Waals surface area (Å²) in [5, 5.41) is 5.01. The third-order valence-corrected chi connectivity index (χ3v) is 7.53. The number of nitrogens with zero attached hydrogens (tertiary/aromatic N) is 5. The van der Waals surface area contributed by atoms with Crippen molar-refractivity contribution >= 4 is 45.2 Å². The van der Waals surface area contributed by atoms with Gasteiger partial charge in [-0.05, 0) is 36.1 Å². The van der Waals surface area contributed by atoms with E-state index in [1.807, 2.05) is 66.5 Å². The number of carbonyl (C=O) groups is 1. The summed E-state index contributed by atoms with van der Waals surface area (Å²) in [6.45, 7) is 7.53. The first-order chi connectivity index (χ1) is 15.4. The first-order valence-electron chi connectivity index (χ1n) is 10.4. The summed E-state index contributed by atoms with van der Waals surface area (Å²) in [5.74, 6) is 0.842. The second-order valence-electron chi connectivity index (χ2n) is 7.82. The molecule has 0 N–H and O–H groups in total. The van der Waals surface area contributed by atoms with Crippen LogP contribution in [0.25, 0.3) is 16.1 Å². The molecule has 0 spiro atoms. The zero-order valence-corrected chi connectivity index (χ0v) is 20.4. The molecule has 3 heterocycles. The van der Waals surface area contributed by atoms with Crippen LogP contribution in [-0.2, 0) is 0 Å². The molecule has 0 saturated carbocycles. The maximum atomic E-state index is 13.3. The predicted molar refractivity (Wildman–Crippen MR) is 136 cm³/mol. The number of piperazine rings is 1. The molecule has 32 heavy (non-hydrogen) atoms. The molecule has 1 amide bonds. The van der Waals surface area contributed by atoms with Crippen LogP contribution >= 0.6 is 22.7 Å². The predicted octanol–water partition coefficient (Wildman–Crippen LogP) is 4.78. The third kappa shape index (κ3) is 4.20. The van der Waals surface area contributed by atoms with E-state index in [1.165, 1.54) is 4.88 Å². The van der Waals surface area contributed by atoms with Gasteiger partial charge in [0.25, 0.3) is 5.91 Å².